The number of carboxylic acid groups (broad SMARTS) is 1. The largest absolute Gasteiger partial charge is 0.489 e. The fourth-order valence-corrected chi connectivity index (χ4v) is 1.57. The number of carbonyl (C=O) groups is 1. The smallest absolute Gasteiger partial charge is 0.337 e. The first kappa shape index (κ1) is 12.0. The molecule has 2 aromatic carbocycles. The molecule has 0 radical (unpaired) electrons. The van der Waals surface area contributed by atoms with Crippen LogP contribution in [0.3, 0.4) is 0 Å². The van der Waals surface area contributed by atoms with Crippen LogP contribution in [-0.4, -0.2) is 11.1 Å². The second kappa shape index (κ2) is 5.23. The van der Waals surface area contributed by atoms with Crippen LogP contribution in [0.25, 0.3) is 0 Å². The van der Waals surface area contributed by atoms with Crippen molar-refractivity contribution >= 4 is 11.7 Å². The third-order valence-electron chi connectivity index (χ3n) is 2.50. The lowest BCUT2D eigenvalue weighted by molar-refractivity contribution is 0.0698. The van der Waals surface area contributed by atoms with Gasteiger partial charge in [0.15, 0.2) is 0 Å². The first-order valence-corrected chi connectivity index (χ1v) is 5.46. The summed E-state index contributed by atoms with van der Waals surface area (Å²) in [5.41, 5.74) is 6.96. The van der Waals surface area contributed by atoms with Crippen molar-refractivity contribution < 1.29 is 14.6 Å². The van der Waals surface area contributed by atoms with Gasteiger partial charge in [0.25, 0.3) is 0 Å². The summed E-state index contributed by atoms with van der Waals surface area (Å²) in [6, 6.07) is 14.3. The molecule has 4 heteroatoms. The number of nitrogens with two attached hydrogens (primary N) is 1. The summed E-state index contributed by atoms with van der Waals surface area (Å²) in [6.45, 7) is 0.423. The van der Waals surface area contributed by atoms with Crippen LogP contribution in [0.5, 0.6) is 5.75 Å². The monoisotopic (exact) mass is 243 g/mol. The third kappa shape index (κ3) is 2.79. The SMILES string of the molecule is Nc1cc(OCc2ccccc2)ccc1C(=O)O. The molecule has 0 saturated heterocycles. The molecule has 0 aliphatic rings. The maximum absolute atomic E-state index is 10.8. The Balaban J connectivity index is 2.07. The summed E-state index contributed by atoms with van der Waals surface area (Å²) < 4.78 is 5.53. The molecule has 0 aliphatic heterocycles. The van der Waals surface area contributed by atoms with E-state index in [4.69, 9.17) is 15.6 Å². The Morgan fingerprint density at radius 1 is 1.17 bits per heavy atom. The van der Waals surface area contributed by atoms with Crippen molar-refractivity contribution in [1.82, 2.24) is 0 Å². The van der Waals surface area contributed by atoms with Gasteiger partial charge in [-0.2, -0.15) is 0 Å². The Bertz CT molecular complexity index is 552. The second-order valence-electron chi connectivity index (χ2n) is 3.83. The van der Waals surface area contributed by atoms with E-state index in [1.807, 2.05) is 30.3 Å². The molecule has 0 atom stereocenters. The van der Waals surface area contributed by atoms with Crippen molar-refractivity contribution in [1.29, 1.82) is 0 Å². The summed E-state index contributed by atoms with van der Waals surface area (Å²) in [7, 11) is 0. The summed E-state index contributed by atoms with van der Waals surface area (Å²) >= 11 is 0. The van der Waals surface area contributed by atoms with Gasteiger partial charge in [-0.05, 0) is 17.7 Å². The van der Waals surface area contributed by atoms with E-state index in [0.29, 0.717) is 12.4 Å². The zero-order valence-electron chi connectivity index (χ0n) is 9.67. The number of carboxylic acids is 1. The van der Waals surface area contributed by atoms with Crippen molar-refractivity contribution in [3.8, 4) is 5.75 Å². The highest BCUT2D eigenvalue weighted by Crippen LogP contribution is 2.20. The first-order chi connectivity index (χ1) is 8.66. The molecule has 2 rings (SSSR count). The van der Waals surface area contributed by atoms with Crippen molar-refractivity contribution in [3.63, 3.8) is 0 Å². The minimum absolute atomic E-state index is 0.0852. The van der Waals surface area contributed by atoms with Crippen molar-refractivity contribution in [2.45, 2.75) is 6.61 Å². The molecule has 18 heavy (non-hydrogen) atoms. The second-order valence-corrected chi connectivity index (χ2v) is 3.83. The molecule has 0 unspecified atom stereocenters. The Labute approximate surface area is 105 Å². The number of hydrogen-bond acceptors (Lipinski definition) is 3. The van der Waals surface area contributed by atoms with Crippen molar-refractivity contribution in [2.24, 2.45) is 0 Å². The average molecular weight is 243 g/mol. The number of aromatic carboxylic acids is 1. The number of benzene rings is 2. The predicted octanol–water partition coefficient (Wildman–Crippen LogP) is 2.55. The molecule has 0 spiro atoms. The highest BCUT2D eigenvalue weighted by molar-refractivity contribution is 5.93. The highest BCUT2D eigenvalue weighted by atomic mass is 16.5. The molecule has 4 nitrogen and oxygen atoms in total. The average Bonchev–Trinajstić information content (AvgIpc) is 2.37. The number of anilines is 1. The molecule has 3 N–H and O–H groups in total. The molecular formula is C14H13NO3. The molecule has 0 heterocycles. The molecular weight excluding hydrogens is 230 g/mol. The Morgan fingerprint density at radius 2 is 1.89 bits per heavy atom. The standard InChI is InChI=1S/C14H13NO3/c15-13-8-11(6-7-12(13)14(16)17)18-9-10-4-2-1-3-5-10/h1-8H,9,15H2,(H,16,17). The van der Waals surface area contributed by atoms with E-state index in [1.54, 1.807) is 6.07 Å². The summed E-state index contributed by atoms with van der Waals surface area (Å²) in [4.78, 5) is 10.8. The van der Waals surface area contributed by atoms with Crippen LogP contribution in [0, 0.1) is 0 Å². The quantitative estimate of drug-likeness (QED) is 0.809. The lowest BCUT2D eigenvalue weighted by Gasteiger charge is -2.08. The molecule has 2 aromatic rings. The van der Waals surface area contributed by atoms with Crippen LogP contribution < -0.4 is 10.5 Å². The summed E-state index contributed by atoms with van der Waals surface area (Å²) in [5, 5.41) is 8.84. The van der Waals surface area contributed by atoms with Crippen LogP contribution in [0.2, 0.25) is 0 Å². The molecule has 92 valence electrons. The maximum Gasteiger partial charge on any atom is 0.337 e. The number of nitrogen functional groups attached to an aromatic ring is 1. The van der Waals surface area contributed by atoms with Gasteiger partial charge in [0, 0.05) is 11.8 Å². The van der Waals surface area contributed by atoms with Crippen LogP contribution in [-0.2, 0) is 6.61 Å². The van der Waals surface area contributed by atoms with Gasteiger partial charge in [-0.3, -0.25) is 0 Å². The van der Waals surface area contributed by atoms with Crippen LogP contribution in [0.1, 0.15) is 15.9 Å². The predicted molar refractivity (Wildman–Crippen MR) is 68.6 cm³/mol. The highest BCUT2D eigenvalue weighted by Gasteiger charge is 2.08. The van der Waals surface area contributed by atoms with Gasteiger partial charge < -0.3 is 15.6 Å². The lowest BCUT2D eigenvalue weighted by Crippen LogP contribution is -2.03. The first-order valence-electron chi connectivity index (χ1n) is 5.46. The van der Waals surface area contributed by atoms with Gasteiger partial charge >= 0.3 is 5.97 Å². The molecule has 0 amide bonds. The van der Waals surface area contributed by atoms with Gasteiger partial charge in [-0.25, -0.2) is 4.79 Å². The molecule has 0 bridgehead atoms. The van der Waals surface area contributed by atoms with E-state index in [1.165, 1.54) is 12.1 Å². The molecule has 0 saturated carbocycles. The van der Waals surface area contributed by atoms with E-state index >= 15 is 0 Å². The number of ether oxygens (including phenoxy) is 1. The molecule has 0 fully saturated rings. The van der Waals surface area contributed by atoms with E-state index in [-0.39, 0.29) is 11.3 Å². The van der Waals surface area contributed by atoms with Gasteiger partial charge in [-0.1, -0.05) is 30.3 Å². The lowest BCUT2D eigenvalue weighted by atomic mass is 10.2. The van der Waals surface area contributed by atoms with Crippen molar-refractivity contribution in [3.05, 3.63) is 59.7 Å². The van der Waals surface area contributed by atoms with E-state index in [0.717, 1.165) is 5.56 Å². The summed E-state index contributed by atoms with van der Waals surface area (Å²) in [5.74, 6) is -0.483. The maximum atomic E-state index is 10.8. The molecule has 0 aliphatic carbocycles. The Morgan fingerprint density at radius 3 is 2.50 bits per heavy atom. The van der Waals surface area contributed by atoms with Gasteiger partial charge in [0.05, 0.1) is 5.56 Å². The molecule has 0 aromatic heterocycles. The number of hydrogen-bond donors (Lipinski definition) is 2. The van der Waals surface area contributed by atoms with Crippen LogP contribution in [0.15, 0.2) is 48.5 Å². The van der Waals surface area contributed by atoms with Crippen molar-refractivity contribution in [2.75, 3.05) is 5.73 Å². The third-order valence-corrected chi connectivity index (χ3v) is 2.50. The van der Waals surface area contributed by atoms with Crippen LogP contribution >= 0.6 is 0 Å². The van der Waals surface area contributed by atoms with E-state index < -0.39 is 5.97 Å². The normalized spacial score (nSPS) is 10.0. The Kier molecular flexibility index (Phi) is 3.48. The Hall–Kier alpha value is -2.49. The topological polar surface area (TPSA) is 72.5 Å². The zero-order valence-corrected chi connectivity index (χ0v) is 9.67. The van der Waals surface area contributed by atoms with Gasteiger partial charge in [0.1, 0.15) is 12.4 Å². The van der Waals surface area contributed by atoms with Gasteiger partial charge in [-0.15, -0.1) is 0 Å². The summed E-state index contributed by atoms with van der Waals surface area (Å²) in [6.07, 6.45) is 0. The van der Waals surface area contributed by atoms with Gasteiger partial charge in [0.2, 0.25) is 0 Å². The minimum Gasteiger partial charge on any atom is -0.489 e. The zero-order chi connectivity index (χ0) is 13.0. The minimum atomic E-state index is -1.04. The van der Waals surface area contributed by atoms with E-state index in [2.05, 4.69) is 0 Å². The van der Waals surface area contributed by atoms with Crippen LogP contribution in [0.4, 0.5) is 5.69 Å². The fraction of sp³-hybridized carbons (Fsp3) is 0.0714. The number of rotatable bonds is 4. The fourth-order valence-electron chi connectivity index (χ4n) is 1.57. The van der Waals surface area contributed by atoms with E-state index in [9.17, 15) is 4.79 Å².